The van der Waals surface area contributed by atoms with Crippen LogP contribution in [0.5, 0.6) is 0 Å². The second-order valence-electron chi connectivity index (χ2n) is 12.9. The lowest BCUT2D eigenvalue weighted by Crippen LogP contribution is -2.00. The van der Waals surface area contributed by atoms with E-state index in [2.05, 4.69) is 112 Å². The Kier molecular flexibility index (Phi) is 5.60. The SMILES string of the molecule is c1ccc(-c2nc(-c3ccccc3)nc(-c3ccc4c(c3)c3cccc5c6ccccc6n6c7ccccc7c7cccc(c76)n4c35)n2)cc1. The molecule has 0 aliphatic heterocycles. The van der Waals surface area contributed by atoms with E-state index in [4.69, 9.17) is 15.0 Å². The molecule has 232 valence electrons. The Labute approximate surface area is 286 Å². The fourth-order valence-electron chi connectivity index (χ4n) is 7.94. The van der Waals surface area contributed by atoms with E-state index in [9.17, 15) is 0 Å². The minimum Gasteiger partial charge on any atom is -0.307 e. The third-order valence-corrected chi connectivity index (χ3v) is 10.1. The maximum atomic E-state index is 5.06. The molecule has 0 N–H and O–H groups in total. The standard InChI is InChI=1S/C45H27N5/c1-3-13-28(14-4-1)43-46-44(29-15-5-2-6-16-29)48-45(47-43)30-25-26-39-36(27-30)35-20-11-19-33-31-17-7-9-22-37(31)49-38-23-10-8-18-32(38)34-21-12-24-40(42(34)49)50(39)41(33)35/h1-27H. The normalized spacial score (nSPS) is 12.0. The van der Waals surface area contributed by atoms with Crippen LogP contribution in [0.4, 0.5) is 0 Å². The molecule has 0 radical (unpaired) electrons. The zero-order valence-corrected chi connectivity index (χ0v) is 26.8. The first-order valence-electron chi connectivity index (χ1n) is 16.9. The summed E-state index contributed by atoms with van der Waals surface area (Å²) in [5.41, 5.74) is 9.94. The lowest BCUT2D eigenvalue weighted by molar-refractivity contribution is 1.07. The van der Waals surface area contributed by atoms with E-state index in [1.165, 1.54) is 49.0 Å². The predicted molar refractivity (Wildman–Crippen MR) is 206 cm³/mol. The molecule has 0 spiro atoms. The second-order valence-corrected chi connectivity index (χ2v) is 12.9. The van der Waals surface area contributed by atoms with Crippen LogP contribution in [0.1, 0.15) is 0 Å². The van der Waals surface area contributed by atoms with Gasteiger partial charge in [0.25, 0.3) is 0 Å². The topological polar surface area (TPSA) is 47.5 Å². The molecule has 11 aromatic rings. The van der Waals surface area contributed by atoms with Gasteiger partial charge in [0.2, 0.25) is 0 Å². The van der Waals surface area contributed by atoms with Crippen LogP contribution in [-0.2, 0) is 0 Å². The number of rotatable bonds is 3. The van der Waals surface area contributed by atoms with E-state index in [1.54, 1.807) is 0 Å². The number of nitrogens with zero attached hydrogens (tertiary/aromatic N) is 5. The van der Waals surface area contributed by atoms with Gasteiger partial charge >= 0.3 is 0 Å². The molecule has 0 bridgehead atoms. The maximum absolute atomic E-state index is 5.06. The van der Waals surface area contributed by atoms with E-state index < -0.39 is 0 Å². The highest BCUT2D eigenvalue weighted by Crippen LogP contribution is 2.41. The second kappa shape index (κ2) is 10.3. The summed E-state index contributed by atoms with van der Waals surface area (Å²) in [4.78, 5) is 15.0. The van der Waals surface area contributed by atoms with Crippen molar-refractivity contribution in [1.82, 2.24) is 23.8 Å². The van der Waals surface area contributed by atoms with Crippen molar-refractivity contribution in [1.29, 1.82) is 0 Å². The van der Waals surface area contributed by atoms with Crippen LogP contribution in [0.25, 0.3) is 99.6 Å². The number of aromatic nitrogens is 5. The van der Waals surface area contributed by atoms with Crippen molar-refractivity contribution in [3.05, 3.63) is 164 Å². The minimum absolute atomic E-state index is 0.647. The van der Waals surface area contributed by atoms with Gasteiger partial charge in [-0.15, -0.1) is 0 Å². The predicted octanol–water partition coefficient (Wildman–Crippen LogP) is 11.1. The summed E-state index contributed by atoms with van der Waals surface area (Å²) in [6.45, 7) is 0. The van der Waals surface area contributed by atoms with Gasteiger partial charge in [0.1, 0.15) is 0 Å². The summed E-state index contributed by atoms with van der Waals surface area (Å²) in [5, 5.41) is 7.24. The van der Waals surface area contributed by atoms with Gasteiger partial charge in [-0.2, -0.15) is 0 Å². The monoisotopic (exact) mass is 637 g/mol. The highest BCUT2D eigenvalue weighted by molar-refractivity contribution is 6.23. The highest BCUT2D eigenvalue weighted by Gasteiger charge is 2.20. The fraction of sp³-hybridized carbons (Fsp3) is 0. The van der Waals surface area contributed by atoms with Gasteiger partial charge in [-0.05, 0) is 36.4 Å². The van der Waals surface area contributed by atoms with Crippen molar-refractivity contribution >= 4 is 65.4 Å². The van der Waals surface area contributed by atoms with E-state index in [-0.39, 0.29) is 0 Å². The van der Waals surface area contributed by atoms with Crippen LogP contribution in [0.15, 0.2) is 164 Å². The van der Waals surface area contributed by atoms with E-state index in [0.717, 1.165) is 33.1 Å². The number of hydrogen-bond acceptors (Lipinski definition) is 3. The number of fused-ring (bicyclic) bond motifs is 10. The molecular weight excluding hydrogens is 611 g/mol. The van der Waals surface area contributed by atoms with Crippen molar-refractivity contribution in [2.45, 2.75) is 0 Å². The largest absolute Gasteiger partial charge is 0.307 e. The molecule has 11 rings (SSSR count). The third-order valence-electron chi connectivity index (χ3n) is 10.1. The van der Waals surface area contributed by atoms with Crippen molar-refractivity contribution in [2.24, 2.45) is 0 Å². The quantitative estimate of drug-likeness (QED) is 0.194. The van der Waals surface area contributed by atoms with E-state index in [0.29, 0.717) is 17.5 Å². The van der Waals surface area contributed by atoms with E-state index in [1.807, 2.05) is 60.7 Å². The Bertz CT molecular complexity index is 3080. The zero-order valence-electron chi connectivity index (χ0n) is 26.8. The summed E-state index contributed by atoms with van der Waals surface area (Å²) in [5.74, 6) is 1.95. The average Bonchev–Trinajstić information content (AvgIpc) is 3.71. The first-order valence-corrected chi connectivity index (χ1v) is 16.9. The van der Waals surface area contributed by atoms with Gasteiger partial charge in [-0.3, -0.25) is 0 Å². The number of hydrogen-bond donors (Lipinski definition) is 0. The van der Waals surface area contributed by atoms with E-state index >= 15 is 0 Å². The molecular formula is C45H27N5. The molecule has 4 heterocycles. The molecule has 0 saturated heterocycles. The molecule has 7 aromatic carbocycles. The molecule has 0 unspecified atom stereocenters. The summed E-state index contributed by atoms with van der Waals surface area (Å²) < 4.78 is 4.92. The molecule has 5 nitrogen and oxygen atoms in total. The lowest BCUT2D eigenvalue weighted by Gasteiger charge is -2.10. The van der Waals surface area contributed by atoms with Crippen LogP contribution in [0.3, 0.4) is 0 Å². The highest BCUT2D eigenvalue weighted by atomic mass is 15.0. The smallest absolute Gasteiger partial charge is 0.164 e. The van der Waals surface area contributed by atoms with Crippen molar-refractivity contribution in [2.75, 3.05) is 0 Å². The Hall–Kier alpha value is -6.85. The summed E-state index contributed by atoms with van der Waals surface area (Å²) in [7, 11) is 0. The van der Waals surface area contributed by atoms with Crippen LogP contribution in [-0.4, -0.2) is 23.8 Å². The summed E-state index contributed by atoms with van der Waals surface area (Å²) >= 11 is 0. The molecule has 0 aliphatic rings. The number of benzene rings is 7. The summed E-state index contributed by atoms with van der Waals surface area (Å²) in [6, 6.07) is 57.9. The average molecular weight is 638 g/mol. The van der Waals surface area contributed by atoms with Gasteiger partial charge in [-0.25, -0.2) is 15.0 Å². The number of para-hydroxylation sites is 4. The first-order chi connectivity index (χ1) is 24.8. The molecule has 0 aliphatic carbocycles. The Morgan fingerprint density at radius 3 is 1.32 bits per heavy atom. The molecule has 5 heteroatoms. The lowest BCUT2D eigenvalue weighted by atomic mass is 10.1. The Morgan fingerprint density at radius 1 is 0.280 bits per heavy atom. The van der Waals surface area contributed by atoms with Crippen LogP contribution >= 0.6 is 0 Å². The van der Waals surface area contributed by atoms with Crippen molar-refractivity contribution in [3.8, 4) is 34.2 Å². The van der Waals surface area contributed by atoms with Gasteiger partial charge in [0.05, 0.1) is 33.1 Å². The molecule has 0 atom stereocenters. The fourth-order valence-corrected chi connectivity index (χ4v) is 7.94. The van der Waals surface area contributed by atoms with Gasteiger partial charge in [0.15, 0.2) is 17.5 Å². The van der Waals surface area contributed by atoms with Crippen LogP contribution in [0, 0.1) is 0 Å². The molecule has 50 heavy (non-hydrogen) atoms. The van der Waals surface area contributed by atoms with Crippen LogP contribution in [0.2, 0.25) is 0 Å². The molecule has 0 fully saturated rings. The maximum Gasteiger partial charge on any atom is 0.164 e. The van der Waals surface area contributed by atoms with Crippen LogP contribution < -0.4 is 0 Å². The van der Waals surface area contributed by atoms with Crippen molar-refractivity contribution in [3.63, 3.8) is 0 Å². The Morgan fingerprint density at radius 2 is 0.700 bits per heavy atom. The van der Waals surface area contributed by atoms with Gasteiger partial charge < -0.3 is 8.80 Å². The van der Waals surface area contributed by atoms with Gasteiger partial charge in [-0.1, -0.05) is 127 Å². The van der Waals surface area contributed by atoms with Gasteiger partial charge in [0, 0.05) is 49.0 Å². The minimum atomic E-state index is 0.647. The van der Waals surface area contributed by atoms with Crippen molar-refractivity contribution < 1.29 is 0 Å². The third kappa shape index (κ3) is 3.80. The molecule has 4 aromatic heterocycles. The molecule has 0 saturated carbocycles. The zero-order chi connectivity index (χ0) is 32.8. The first kappa shape index (κ1) is 27.1. The molecule has 0 amide bonds. The summed E-state index contributed by atoms with van der Waals surface area (Å²) in [6.07, 6.45) is 0. The Balaban J connectivity index is 1.28.